The topological polar surface area (TPSA) is 12.0 Å². The van der Waals surface area contributed by atoms with Crippen LogP contribution in [-0.2, 0) is 6.42 Å². The van der Waals surface area contributed by atoms with Gasteiger partial charge in [-0.25, -0.2) is 4.39 Å². The van der Waals surface area contributed by atoms with E-state index in [1.54, 1.807) is 6.07 Å². The second kappa shape index (κ2) is 4.78. The van der Waals surface area contributed by atoms with Crippen LogP contribution in [-0.4, -0.2) is 7.05 Å². The molecule has 0 aromatic heterocycles. The zero-order valence-electron chi connectivity index (χ0n) is 11.3. The Morgan fingerprint density at radius 3 is 2.79 bits per heavy atom. The Balaban J connectivity index is 2.17. The van der Waals surface area contributed by atoms with E-state index in [0.717, 1.165) is 24.0 Å². The van der Waals surface area contributed by atoms with E-state index in [4.69, 9.17) is 0 Å². The number of halogens is 1. The third kappa shape index (κ3) is 2.06. The van der Waals surface area contributed by atoms with Gasteiger partial charge in [-0.1, -0.05) is 24.3 Å². The van der Waals surface area contributed by atoms with Gasteiger partial charge in [-0.2, -0.15) is 0 Å². The van der Waals surface area contributed by atoms with Gasteiger partial charge >= 0.3 is 0 Å². The summed E-state index contributed by atoms with van der Waals surface area (Å²) in [5.41, 5.74) is 6.07. The van der Waals surface area contributed by atoms with Crippen LogP contribution in [0.15, 0.2) is 36.4 Å². The summed E-state index contributed by atoms with van der Waals surface area (Å²) in [5.74, 6) is -0.165. The van der Waals surface area contributed by atoms with Gasteiger partial charge in [0.15, 0.2) is 0 Å². The highest BCUT2D eigenvalue weighted by Gasteiger charge is 2.23. The van der Waals surface area contributed by atoms with E-state index in [1.165, 1.54) is 22.8 Å². The molecule has 98 valence electrons. The number of nitrogens with one attached hydrogen (secondary N) is 1. The summed E-state index contributed by atoms with van der Waals surface area (Å²) in [7, 11) is 2.00. The Morgan fingerprint density at radius 2 is 2.00 bits per heavy atom. The average molecular weight is 255 g/mol. The van der Waals surface area contributed by atoms with Gasteiger partial charge in [-0.3, -0.25) is 0 Å². The molecule has 1 aliphatic carbocycles. The molecule has 0 spiro atoms. The molecule has 3 rings (SSSR count). The number of rotatable bonds is 2. The standard InChI is InChI=1S/C17H18FN/c1-11-6-7-12(18)10-16(11)13-4-3-5-15-14(13)8-9-17(15)19-2/h3-7,10,17,19H,8-9H2,1-2H3. The van der Waals surface area contributed by atoms with Gasteiger partial charge < -0.3 is 5.32 Å². The lowest BCUT2D eigenvalue weighted by Gasteiger charge is -2.14. The molecular formula is C17H18FN. The van der Waals surface area contributed by atoms with Crippen LogP contribution in [0, 0.1) is 12.7 Å². The van der Waals surface area contributed by atoms with E-state index in [-0.39, 0.29) is 5.82 Å². The van der Waals surface area contributed by atoms with Crippen LogP contribution in [0.5, 0.6) is 0 Å². The highest BCUT2D eigenvalue weighted by molar-refractivity contribution is 5.72. The molecule has 19 heavy (non-hydrogen) atoms. The van der Waals surface area contributed by atoms with Gasteiger partial charge in [0.25, 0.3) is 0 Å². The highest BCUT2D eigenvalue weighted by atomic mass is 19.1. The van der Waals surface area contributed by atoms with Crippen LogP contribution in [0.4, 0.5) is 4.39 Å². The molecule has 0 fully saturated rings. The van der Waals surface area contributed by atoms with Gasteiger partial charge in [0.05, 0.1) is 0 Å². The molecule has 2 heteroatoms. The number of hydrogen-bond acceptors (Lipinski definition) is 1. The largest absolute Gasteiger partial charge is 0.313 e. The number of benzene rings is 2. The quantitative estimate of drug-likeness (QED) is 0.855. The fourth-order valence-electron chi connectivity index (χ4n) is 3.09. The third-order valence-electron chi connectivity index (χ3n) is 4.11. The molecule has 0 radical (unpaired) electrons. The lowest BCUT2D eigenvalue weighted by Crippen LogP contribution is -2.12. The zero-order valence-corrected chi connectivity index (χ0v) is 11.3. The van der Waals surface area contributed by atoms with Crippen molar-refractivity contribution in [1.82, 2.24) is 5.32 Å². The van der Waals surface area contributed by atoms with E-state index < -0.39 is 0 Å². The van der Waals surface area contributed by atoms with Crippen LogP contribution in [0.2, 0.25) is 0 Å². The Labute approximate surface area is 113 Å². The summed E-state index contributed by atoms with van der Waals surface area (Å²) in [6, 6.07) is 11.8. The second-order valence-corrected chi connectivity index (χ2v) is 5.21. The predicted octanol–water partition coefficient (Wildman–Crippen LogP) is 4.01. The normalized spacial score (nSPS) is 17.5. The van der Waals surface area contributed by atoms with Gasteiger partial charge in [0.1, 0.15) is 5.82 Å². The van der Waals surface area contributed by atoms with Crippen molar-refractivity contribution in [3.63, 3.8) is 0 Å². The average Bonchev–Trinajstić information content (AvgIpc) is 2.84. The van der Waals surface area contributed by atoms with Gasteiger partial charge in [-0.05, 0) is 66.8 Å². The first-order valence-electron chi connectivity index (χ1n) is 6.76. The summed E-state index contributed by atoms with van der Waals surface area (Å²) < 4.78 is 13.5. The Hall–Kier alpha value is -1.67. The fourth-order valence-corrected chi connectivity index (χ4v) is 3.09. The lowest BCUT2D eigenvalue weighted by molar-refractivity contribution is 0.590. The zero-order chi connectivity index (χ0) is 13.4. The smallest absolute Gasteiger partial charge is 0.123 e. The van der Waals surface area contributed by atoms with E-state index in [2.05, 4.69) is 23.5 Å². The summed E-state index contributed by atoms with van der Waals surface area (Å²) in [6.45, 7) is 2.04. The van der Waals surface area contributed by atoms with E-state index in [0.29, 0.717) is 6.04 Å². The summed E-state index contributed by atoms with van der Waals surface area (Å²) in [4.78, 5) is 0. The molecule has 1 atom stereocenters. The molecule has 0 bridgehead atoms. The molecule has 1 aliphatic rings. The van der Waals surface area contributed by atoms with Crippen LogP contribution in [0.1, 0.15) is 29.2 Å². The van der Waals surface area contributed by atoms with Crippen molar-refractivity contribution >= 4 is 0 Å². The van der Waals surface area contributed by atoms with Crippen molar-refractivity contribution < 1.29 is 4.39 Å². The molecule has 0 saturated heterocycles. The van der Waals surface area contributed by atoms with Gasteiger partial charge in [0.2, 0.25) is 0 Å². The van der Waals surface area contributed by atoms with Crippen molar-refractivity contribution in [2.45, 2.75) is 25.8 Å². The molecule has 1 N–H and O–H groups in total. The van der Waals surface area contributed by atoms with Crippen LogP contribution in [0.3, 0.4) is 0 Å². The highest BCUT2D eigenvalue weighted by Crippen LogP contribution is 2.38. The lowest BCUT2D eigenvalue weighted by atomic mass is 9.93. The van der Waals surface area contributed by atoms with Crippen molar-refractivity contribution in [3.05, 3.63) is 58.9 Å². The monoisotopic (exact) mass is 255 g/mol. The molecule has 0 heterocycles. The molecule has 0 saturated carbocycles. The number of aryl methyl sites for hydroxylation is 1. The number of fused-ring (bicyclic) bond motifs is 1. The first kappa shape index (κ1) is 12.4. The first-order chi connectivity index (χ1) is 9.20. The molecule has 2 aromatic carbocycles. The summed E-state index contributed by atoms with van der Waals surface area (Å²) >= 11 is 0. The maximum Gasteiger partial charge on any atom is 0.123 e. The number of hydrogen-bond donors (Lipinski definition) is 1. The van der Waals surface area contributed by atoms with Crippen LogP contribution >= 0.6 is 0 Å². The van der Waals surface area contributed by atoms with Gasteiger partial charge in [0, 0.05) is 6.04 Å². The van der Waals surface area contributed by atoms with E-state index in [9.17, 15) is 4.39 Å². The summed E-state index contributed by atoms with van der Waals surface area (Å²) in [6.07, 6.45) is 2.18. The van der Waals surface area contributed by atoms with Crippen LogP contribution in [0.25, 0.3) is 11.1 Å². The van der Waals surface area contributed by atoms with Gasteiger partial charge in [-0.15, -0.1) is 0 Å². The van der Waals surface area contributed by atoms with E-state index in [1.807, 2.05) is 20.0 Å². The molecule has 1 unspecified atom stereocenters. The minimum atomic E-state index is -0.165. The molecule has 2 aromatic rings. The van der Waals surface area contributed by atoms with Crippen LogP contribution < -0.4 is 5.32 Å². The molecule has 0 amide bonds. The van der Waals surface area contributed by atoms with E-state index >= 15 is 0 Å². The maximum atomic E-state index is 13.5. The summed E-state index contributed by atoms with van der Waals surface area (Å²) in [5, 5.41) is 3.35. The minimum Gasteiger partial charge on any atom is -0.313 e. The maximum absolute atomic E-state index is 13.5. The van der Waals surface area contributed by atoms with Crippen molar-refractivity contribution in [1.29, 1.82) is 0 Å². The first-order valence-corrected chi connectivity index (χ1v) is 6.76. The molecule has 1 nitrogen and oxygen atoms in total. The van der Waals surface area contributed by atoms with Crippen molar-refractivity contribution in [3.8, 4) is 11.1 Å². The van der Waals surface area contributed by atoms with Crippen molar-refractivity contribution in [2.75, 3.05) is 7.05 Å². The Kier molecular flexibility index (Phi) is 3.11. The van der Waals surface area contributed by atoms with Crippen molar-refractivity contribution in [2.24, 2.45) is 0 Å². The molecule has 0 aliphatic heterocycles. The minimum absolute atomic E-state index is 0.165. The fraction of sp³-hybridized carbons (Fsp3) is 0.294. The predicted molar refractivity (Wildman–Crippen MR) is 76.7 cm³/mol. The molecular weight excluding hydrogens is 237 g/mol. The third-order valence-corrected chi connectivity index (χ3v) is 4.11. The second-order valence-electron chi connectivity index (χ2n) is 5.21. The SMILES string of the molecule is CNC1CCc2c(-c3cc(F)ccc3C)cccc21. The Morgan fingerprint density at radius 1 is 1.16 bits per heavy atom. The Bertz CT molecular complexity index is 619.